The molecule has 0 radical (unpaired) electrons. The van der Waals surface area contributed by atoms with Crippen LogP contribution in [0.15, 0.2) is 16.6 Å². The van der Waals surface area contributed by atoms with Crippen LogP contribution in [0, 0.1) is 5.95 Å². The number of anilines is 1. The summed E-state index contributed by atoms with van der Waals surface area (Å²) in [6, 6.07) is 2.80. The van der Waals surface area contributed by atoms with E-state index in [4.69, 9.17) is 5.11 Å². The second-order valence-electron chi connectivity index (χ2n) is 2.28. The summed E-state index contributed by atoms with van der Waals surface area (Å²) >= 11 is 2.91. The third kappa shape index (κ3) is 2.15. The van der Waals surface area contributed by atoms with Crippen LogP contribution in [-0.4, -0.2) is 23.2 Å². The normalized spacial score (nSPS) is 9.77. The summed E-state index contributed by atoms with van der Waals surface area (Å²) in [5.74, 6) is -0.682. The Bertz CT molecular complexity index is 345. The number of carbonyl (C=O) groups is 1. The molecule has 1 heterocycles. The van der Waals surface area contributed by atoms with E-state index in [1.54, 1.807) is 0 Å². The topological polar surface area (TPSA) is 53.4 Å². The minimum absolute atomic E-state index is 0.0493. The predicted molar refractivity (Wildman–Crippen MR) is 48.3 cm³/mol. The summed E-state index contributed by atoms with van der Waals surface area (Å²) in [5, 5.41) is 8.55. The average Bonchev–Trinajstić information content (AvgIpc) is 2.08. The van der Waals surface area contributed by atoms with Gasteiger partial charge in [-0.25, -0.2) is 9.78 Å². The number of aromatic nitrogens is 1. The molecule has 0 atom stereocenters. The largest absolute Gasteiger partial charge is 0.465 e. The fourth-order valence-corrected chi connectivity index (χ4v) is 0.913. The molecule has 1 rings (SSSR count). The van der Waals surface area contributed by atoms with Crippen LogP contribution in [-0.2, 0) is 0 Å². The van der Waals surface area contributed by atoms with Crippen LogP contribution < -0.4 is 4.90 Å². The van der Waals surface area contributed by atoms with Gasteiger partial charge in [0.1, 0.15) is 5.82 Å². The summed E-state index contributed by atoms with van der Waals surface area (Å²) in [5.41, 5.74) is 0. The molecule has 13 heavy (non-hydrogen) atoms. The van der Waals surface area contributed by atoms with Gasteiger partial charge in [0, 0.05) is 7.05 Å². The first-order valence-corrected chi connectivity index (χ1v) is 4.10. The lowest BCUT2D eigenvalue weighted by Crippen LogP contribution is -2.24. The van der Waals surface area contributed by atoms with Gasteiger partial charge in [-0.2, -0.15) is 4.39 Å². The first-order valence-electron chi connectivity index (χ1n) is 3.31. The third-order valence-electron chi connectivity index (χ3n) is 1.42. The molecule has 0 bridgehead atoms. The highest BCUT2D eigenvalue weighted by atomic mass is 79.9. The van der Waals surface area contributed by atoms with Crippen molar-refractivity contribution in [3.63, 3.8) is 0 Å². The van der Waals surface area contributed by atoms with Gasteiger partial charge in [0.25, 0.3) is 0 Å². The predicted octanol–water partition coefficient (Wildman–Crippen LogP) is 2.10. The van der Waals surface area contributed by atoms with E-state index < -0.39 is 12.0 Å². The van der Waals surface area contributed by atoms with Crippen LogP contribution in [0.25, 0.3) is 0 Å². The average molecular weight is 249 g/mol. The number of halogens is 2. The fraction of sp³-hybridized carbons (Fsp3) is 0.143. The van der Waals surface area contributed by atoms with Crippen molar-refractivity contribution < 1.29 is 14.3 Å². The molecule has 1 N–H and O–H groups in total. The summed E-state index contributed by atoms with van der Waals surface area (Å²) in [6.45, 7) is 0. The number of hydrogen-bond acceptors (Lipinski definition) is 2. The van der Waals surface area contributed by atoms with Crippen LogP contribution in [0.5, 0.6) is 0 Å². The standard InChI is InChI=1S/C7H6BrFN2O2/c1-11(7(12)13)5-3-2-4(8)6(9)10-5/h2-3H,1H3,(H,12,13). The highest BCUT2D eigenvalue weighted by Crippen LogP contribution is 2.17. The zero-order valence-corrected chi connectivity index (χ0v) is 8.25. The molecule has 4 nitrogen and oxygen atoms in total. The number of hydrogen-bond donors (Lipinski definition) is 1. The van der Waals surface area contributed by atoms with Crippen molar-refractivity contribution in [2.75, 3.05) is 11.9 Å². The lowest BCUT2D eigenvalue weighted by Gasteiger charge is -2.11. The van der Waals surface area contributed by atoms with Gasteiger partial charge >= 0.3 is 6.09 Å². The monoisotopic (exact) mass is 248 g/mol. The van der Waals surface area contributed by atoms with Crippen molar-refractivity contribution in [1.29, 1.82) is 0 Å². The number of amides is 1. The fourth-order valence-electron chi connectivity index (χ4n) is 0.693. The van der Waals surface area contributed by atoms with Gasteiger partial charge in [-0.3, -0.25) is 4.90 Å². The Balaban J connectivity index is 3.03. The van der Waals surface area contributed by atoms with Crippen molar-refractivity contribution in [3.05, 3.63) is 22.6 Å². The van der Waals surface area contributed by atoms with Gasteiger partial charge in [0.15, 0.2) is 0 Å². The van der Waals surface area contributed by atoms with Crippen molar-refractivity contribution in [2.45, 2.75) is 0 Å². The van der Waals surface area contributed by atoms with Crippen LogP contribution in [0.1, 0.15) is 0 Å². The van der Waals surface area contributed by atoms with Crippen LogP contribution in [0.2, 0.25) is 0 Å². The van der Waals surface area contributed by atoms with E-state index in [-0.39, 0.29) is 10.3 Å². The zero-order valence-electron chi connectivity index (χ0n) is 6.66. The molecule has 0 fully saturated rings. The molecular weight excluding hydrogens is 243 g/mol. The van der Waals surface area contributed by atoms with Gasteiger partial charge in [-0.15, -0.1) is 0 Å². The Hall–Kier alpha value is -1.17. The molecule has 6 heteroatoms. The molecular formula is C7H6BrFN2O2. The van der Waals surface area contributed by atoms with Crippen molar-refractivity contribution in [3.8, 4) is 0 Å². The van der Waals surface area contributed by atoms with Gasteiger partial charge in [-0.05, 0) is 28.1 Å². The van der Waals surface area contributed by atoms with Crippen LogP contribution in [0.4, 0.5) is 15.0 Å². The second-order valence-corrected chi connectivity index (χ2v) is 3.14. The summed E-state index contributed by atoms with van der Waals surface area (Å²) < 4.78 is 13.0. The van der Waals surface area contributed by atoms with Gasteiger partial charge < -0.3 is 5.11 Å². The van der Waals surface area contributed by atoms with Gasteiger partial charge in [-0.1, -0.05) is 0 Å². The smallest absolute Gasteiger partial charge is 0.412 e. The van der Waals surface area contributed by atoms with E-state index in [1.807, 2.05) is 0 Å². The number of pyridine rings is 1. The Labute approximate surface area is 82.1 Å². The van der Waals surface area contributed by atoms with E-state index in [2.05, 4.69) is 20.9 Å². The van der Waals surface area contributed by atoms with Crippen molar-refractivity contribution in [2.24, 2.45) is 0 Å². The summed E-state index contributed by atoms with van der Waals surface area (Å²) in [4.78, 5) is 14.7. The Morgan fingerprint density at radius 3 is 2.77 bits per heavy atom. The molecule has 0 spiro atoms. The Morgan fingerprint density at radius 1 is 1.69 bits per heavy atom. The molecule has 1 aromatic heterocycles. The van der Waals surface area contributed by atoms with E-state index in [0.29, 0.717) is 0 Å². The molecule has 1 amide bonds. The molecule has 1 aromatic rings. The molecule has 0 aliphatic carbocycles. The Morgan fingerprint density at radius 2 is 2.31 bits per heavy atom. The van der Waals surface area contributed by atoms with Crippen LogP contribution >= 0.6 is 15.9 Å². The van der Waals surface area contributed by atoms with Gasteiger partial charge in [0.2, 0.25) is 5.95 Å². The molecule has 0 unspecified atom stereocenters. The van der Waals surface area contributed by atoms with Gasteiger partial charge in [0.05, 0.1) is 4.47 Å². The van der Waals surface area contributed by atoms with Crippen molar-refractivity contribution in [1.82, 2.24) is 4.98 Å². The molecule has 0 aliphatic heterocycles. The lowest BCUT2D eigenvalue weighted by atomic mass is 10.4. The second kappa shape index (κ2) is 3.69. The van der Waals surface area contributed by atoms with E-state index in [9.17, 15) is 9.18 Å². The molecule has 0 aliphatic rings. The quantitative estimate of drug-likeness (QED) is 0.775. The highest BCUT2D eigenvalue weighted by molar-refractivity contribution is 9.10. The molecule has 0 saturated carbocycles. The third-order valence-corrected chi connectivity index (χ3v) is 2.01. The maximum atomic E-state index is 12.8. The van der Waals surface area contributed by atoms with E-state index >= 15 is 0 Å². The zero-order chi connectivity index (χ0) is 10.0. The first-order chi connectivity index (χ1) is 6.02. The summed E-state index contributed by atoms with van der Waals surface area (Å²) in [7, 11) is 1.29. The maximum absolute atomic E-state index is 12.8. The van der Waals surface area contributed by atoms with Crippen LogP contribution in [0.3, 0.4) is 0 Å². The summed E-state index contributed by atoms with van der Waals surface area (Å²) in [6.07, 6.45) is -1.19. The molecule has 0 saturated heterocycles. The lowest BCUT2D eigenvalue weighted by molar-refractivity contribution is 0.203. The maximum Gasteiger partial charge on any atom is 0.412 e. The number of nitrogens with zero attached hydrogens (tertiary/aromatic N) is 2. The van der Waals surface area contributed by atoms with E-state index in [1.165, 1.54) is 19.2 Å². The first kappa shape index (κ1) is 9.91. The Kier molecular flexibility index (Phi) is 2.82. The number of carboxylic acid groups (broad SMARTS) is 1. The minimum Gasteiger partial charge on any atom is -0.465 e. The number of rotatable bonds is 1. The SMILES string of the molecule is CN(C(=O)O)c1ccc(Br)c(F)n1. The highest BCUT2D eigenvalue weighted by Gasteiger charge is 2.11. The molecule has 70 valence electrons. The van der Waals surface area contributed by atoms with Crippen molar-refractivity contribution >= 4 is 27.8 Å². The molecule has 0 aromatic carbocycles. The minimum atomic E-state index is -1.19. The van der Waals surface area contributed by atoms with E-state index in [0.717, 1.165) is 4.90 Å².